The van der Waals surface area contributed by atoms with E-state index in [9.17, 15) is 0 Å². The zero-order chi connectivity index (χ0) is 12.4. The summed E-state index contributed by atoms with van der Waals surface area (Å²) in [5, 5.41) is 0. The fraction of sp³-hybridized carbons (Fsp3) is 0.286. The van der Waals surface area contributed by atoms with Gasteiger partial charge in [0.2, 0.25) is 0 Å². The Morgan fingerprint density at radius 3 is 2.35 bits per heavy atom. The van der Waals surface area contributed by atoms with Crippen LogP contribution >= 0.6 is 12.2 Å². The van der Waals surface area contributed by atoms with E-state index in [1.807, 2.05) is 13.8 Å². The van der Waals surface area contributed by atoms with Crippen LogP contribution in [0.2, 0.25) is 0 Å². The van der Waals surface area contributed by atoms with Gasteiger partial charge in [-0.3, -0.25) is 0 Å². The van der Waals surface area contributed by atoms with Crippen LogP contribution in [-0.2, 0) is 6.42 Å². The molecule has 2 nitrogen and oxygen atoms in total. The van der Waals surface area contributed by atoms with E-state index in [0.29, 0.717) is 4.64 Å². The van der Waals surface area contributed by atoms with E-state index in [2.05, 4.69) is 41.2 Å². The molecule has 1 N–H and O–H groups in total. The maximum Gasteiger partial charge on any atom is 0.133 e. The molecule has 0 aliphatic heterocycles. The van der Waals surface area contributed by atoms with Crippen LogP contribution in [0.25, 0.3) is 0 Å². The molecule has 1 aromatic carbocycles. The summed E-state index contributed by atoms with van der Waals surface area (Å²) in [4.78, 5) is 7.54. The van der Waals surface area contributed by atoms with Gasteiger partial charge in [-0.1, -0.05) is 42.0 Å². The van der Waals surface area contributed by atoms with Crippen molar-refractivity contribution in [3.63, 3.8) is 0 Å². The molecule has 0 saturated carbocycles. The second kappa shape index (κ2) is 4.80. The van der Waals surface area contributed by atoms with Gasteiger partial charge in [-0.2, -0.15) is 0 Å². The Balaban J connectivity index is 2.36. The van der Waals surface area contributed by atoms with Gasteiger partial charge in [0, 0.05) is 17.7 Å². The van der Waals surface area contributed by atoms with Crippen LogP contribution in [-0.4, -0.2) is 9.97 Å². The lowest BCUT2D eigenvalue weighted by Crippen LogP contribution is -2.00. The Hall–Kier alpha value is -1.48. The van der Waals surface area contributed by atoms with E-state index in [-0.39, 0.29) is 0 Å². The summed E-state index contributed by atoms with van der Waals surface area (Å²) in [7, 11) is 0. The molecule has 0 amide bonds. The van der Waals surface area contributed by atoms with Gasteiger partial charge >= 0.3 is 0 Å². The number of rotatable bonds is 2. The molecular weight excluding hydrogens is 228 g/mol. The number of H-pyrrole nitrogens is 1. The van der Waals surface area contributed by atoms with Crippen LogP contribution in [0.3, 0.4) is 0 Å². The van der Waals surface area contributed by atoms with Gasteiger partial charge in [-0.05, 0) is 26.3 Å². The highest BCUT2D eigenvalue weighted by molar-refractivity contribution is 7.71. The van der Waals surface area contributed by atoms with Crippen molar-refractivity contribution in [2.75, 3.05) is 0 Å². The Kier molecular flexibility index (Phi) is 3.38. The van der Waals surface area contributed by atoms with E-state index < -0.39 is 0 Å². The molecular formula is C14H16N2S. The maximum absolute atomic E-state index is 5.32. The smallest absolute Gasteiger partial charge is 0.133 e. The fourth-order valence-electron chi connectivity index (χ4n) is 1.87. The lowest BCUT2D eigenvalue weighted by atomic mass is 10.0. The minimum atomic E-state index is 0.708. The monoisotopic (exact) mass is 244 g/mol. The number of aromatic amines is 1. The van der Waals surface area contributed by atoms with E-state index in [1.54, 1.807) is 0 Å². The summed E-state index contributed by atoms with van der Waals surface area (Å²) >= 11 is 5.32. The van der Waals surface area contributed by atoms with Crippen molar-refractivity contribution >= 4 is 12.2 Å². The molecule has 2 aromatic rings. The molecule has 17 heavy (non-hydrogen) atoms. The molecule has 0 aliphatic rings. The summed E-state index contributed by atoms with van der Waals surface area (Å²) in [5.74, 6) is 0.875. The molecule has 88 valence electrons. The lowest BCUT2D eigenvalue weighted by Gasteiger charge is -2.07. The van der Waals surface area contributed by atoms with Crippen molar-refractivity contribution in [3.05, 3.63) is 57.1 Å². The molecule has 3 heteroatoms. The zero-order valence-electron chi connectivity index (χ0n) is 10.4. The van der Waals surface area contributed by atoms with Crippen LogP contribution in [0.5, 0.6) is 0 Å². The zero-order valence-corrected chi connectivity index (χ0v) is 11.2. The van der Waals surface area contributed by atoms with Crippen LogP contribution in [0.4, 0.5) is 0 Å². The van der Waals surface area contributed by atoms with Gasteiger partial charge in [0.25, 0.3) is 0 Å². The van der Waals surface area contributed by atoms with Crippen molar-refractivity contribution in [2.45, 2.75) is 27.2 Å². The maximum atomic E-state index is 5.32. The third-order valence-corrected chi connectivity index (χ3v) is 3.19. The van der Waals surface area contributed by atoms with Gasteiger partial charge in [-0.25, -0.2) is 4.98 Å². The van der Waals surface area contributed by atoms with Gasteiger partial charge < -0.3 is 4.98 Å². The summed E-state index contributed by atoms with van der Waals surface area (Å²) in [5.41, 5.74) is 4.78. The second-order valence-corrected chi connectivity index (χ2v) is 4.78. The number of aryl methyl sites for hydroxylation is 3. The molecule has 0 spiro atoms. The average molecular weight is 244 g/mol. The molecule has 0 radical (unpaired) electrons. The Bertz CT molecular complexity index is 582. The highest BCUT2D eigenvalue weighted by Gasteiger charge is 2.04. The molecule has 0 unspecified atom stereocenters. The largest absolute Gasteiger partial charge is 0.347 e. The molecule has 0 fully saturated rings. The topological polar surface area (TPSA) is 28.7 Å². The first-order valence-electron chi connectivity index (χ1n) is 5.68. The van der Waals surface area contributed by atoms with Crippen LogP contribution in [0, 0.1) is 25.4 Å². The molecule has 2 rings (SSSR count). The van der Waals surface area contributed by atoms with E-state index >= 15 is 0 Å². The predicted molar refractivity (Wildman–Crippen MR) is 72.9 cm³/mol. The van der Waals surface area contributed by atoms with Crippen LogP contribution < -0.4 is 0 Å². The van der Waals surface area contributed by atoms with Crippen molar-refractivity contribution < 1.29 is 0 Å². The summed E-state index contributed by atoms with van der Waals surface area (Å²) in [6.07, 6.45) is 0.842. The summed E-state index contributed by atoms with van der Waals surface area (Å²) < 4.78 is 0.708. The SMILES string of the molecule is Cc1ccc(Cc2c(C)[nH]c(C)nc2=S)cc1. The number of benzene rings is 1. The number of hydrogen-bond donors (Lipinski definition) is 1. The first-order valence-corrected chi connectivity index (χ1v) is 6.09. The molecule has 0 bridgehead atoms. The highest BCUT2D eigenvalue weighted by atomic mass is 32.1. The van der Waals surface area contributed by atoms with E-state index in [0.717, 1.165) is 23.5 Å². The molecule has 1 aromatic heterocycles. The first kappa shape index (κ1) is 12.0. The highest BCUT2D eigenvalue weighted by Crippen LogP contribution is 2.14. The van der Waals surface area contributed by atoms with Crippen molar-refractivity contribution in [3.8, 4) is 0 Å². The summed E-state index contributed by atoms with van der Waals surface area (Å²) in [6.45, 7) is 6.07. The average Bonchev–Trinajstić information content (AvgIpc) is 2.26. The van der Waals surface area contributed by atoms with Gasteiger partial charge in [0.15, 0.2) is 0 Å². The van der Waals surface area contributed by atoms with Crippen molar-refractivity contribution in [1.29, 1.82) is 0 Å². The Morgan fingerprint density at radius 2 is 1.76 bits per heavy atom. The quantitative estimate of drug-likeness (QED) is 0.817. The summed E-state index contributed by atoms with van der Waals surface area (Å²) in [6, 6.07) is 8.53. The Labute approximate surface area is 107 Å². The lowest BCUT2D eigenvalue weighted by molar-refractivity contribution is 0.948. The van der Waals surface area contributed by atoms with Crippen molar-refractivity contribution in [1.82, 2.24) is 9.97 Å². The minimum Gasteiger partial charge on any atom is -0.347 e. The van der Waals surface area contributed by atoms with Crippen LogP contribution in [0.1, 0.15) is 28.2 Å². The van der Waals surface area contributed by atoms with Gasteiger partial charge in [0.05, 0.1) is 0 Å². The second-order valence-electron chi connectivity index (χ2n) is 4.39. The Morgan fingerprint density at radius 1 is 1.12 bits per heavy atom. The standard InChI is InChI=1S/C14H16N2S/c1-9-4-6-12(7-5-9)8-13-10(2)15-11(3)16-14(13)17/h4-7H,8H2,1-3H3,(H,15,16,17). The third-order valence-electron chi connectivity index (χ3n) is 2.85. The molecule has 0 aliphatic carbocycles. The van der Waals surface area contributed by atoms with E-state index in [1.165, 1.54) is 11.1 Å². The van der Waals surface area contributed by atoms with Crippen molar-refractivity contribution in [2.24, 2.45) is 0 Å². The third kappa shape index (κ3) is 2.80. The van der Waals surface area contributed by atoms with Crippen LogP contribution in [0.15, 0.2) is 24.3 Å². The van der Waals surface area contributed by atoms with Gasteiger partial charge in [0.1, 0.15) is 10.5 Å². The number of aromatic nitrogens is 2. The number of hydrogen-bond acceptors (Lipinski definition) is 2. The molecule has 1 heterocycles. The molecule has 0 atom stereocenters. The van der Waals surface area contributed by atoms with E-state index in [4.69, 9.17) is 12.2 Å². The fourth-order valence-corrected chi connectivity index (χ4v) is 2.24. The van der Waals surface area contributed by atoms with Gasteiger partial charge in [-0.15, -0.1) is 0 Å². The minimum absolute atomic E-state index is 0.708. The predicted octanol–water partition coefficient (Wildman–Crippen LogP) is 3.66. The normalized spacial score (nSPS) is 10.5. The first-order chi connectivity index (χ1) is 8.06. The molecule has 0 saturated heterocycles. The number of nitrogens with one attached hydrogen (secondary N) is 1. The number of nitrogens with zero attached hydrogens (tertiary/aromatic N) is 1.